The van der Waals surface area contributed by atoms with Crippen LogP contribution in [0.5, 0.6) is 11.5 Å². The van der Waals surface area contributed by atoms with Crippen LogP contribution in [-0.2, 0) is 0 Å². The number of rotatable bonds is 4. The van der Waals surface area contributed by atoms with E-state index in [4.69, 9.17) is 14.5 Å². The van der Waals surface area contributed by atoms with E-state index in [2.05, 4.69) is 30.9 Å². The van der Waals surface area contributed by atoms with Gasteiger partial charge in [0, 0.05) is 37.8 Å². The van der Waals surface area contributed by atoms with Gasteiger partial charge in [-0.1, -0.05) is 17.4 Å². The molecule has 0 N–H and O–H groups in total. The smallest absolute Gasteiger partial charge is 0.254 e. The number of fused-ring (bicyclic) bond motifs is 1. The molecule has 7 heteroatoms. The number of piperazine rings is 1. The Balaban J connectivity index is 1.48. The number of benzene rings is 2. The Labute approximate surface area is 174 Å². The predicted molar refractivity (Wildman–Crippen MR) is 117 cm³/mol. The molecular formula is C22H25N3O3S. The van der Waals surface area contributed by atoms with Gasteiger partial charge in [-0.2, -0.15) is 0 Å². The molecule has 2 heterocycles. The fraction of sp³-hybridized carbons (Fsp3) is 0.364. The summed E-state index contributed by atoms with van der Waals surface area (Å²) in [4.78, 5) is 22.0. The molecular weight excluding hydrogens is 386 g/mol. The van der Waals surface area contributed by atoms with Gasteiger partial charge in [0.15, 0.2) is 5.13 Å². The van der Waals surface area contributed by atoms with Gasteiger partial charge in [-0.05, 0) is 43.2 Å². The van der Waals surface area contributed by atoms with E-state index in [-0.39, 0.29) is 5.91 Å². The lowest BCUT2D eigenvalue weighted by Gasteiger charge is -2.34. The highest BCUT2D eigenvalue weighted by Crippen LogP contribution is 2.32. The van der Waals surface area contributed by atoms with Crippen LogP contribution in [0.15, 0.2) is 30.3 Å². The summed E-state index contributed by atoms with van der Waals surface area (Å²) >= 11 is 1.72. The molecule has 1 fully saturated rings. The molecule has 0 unspecified atom stereocenters. The minimum Gasteiger partial charge on any atom is -0.497 e. The van der Waals surface area contributed by atoms with Gasteiger partial charge in [0.2, 0.25) is 0 Å². The normalized spacial score (nSPS) is 14.3. The van der Waals surface area contributed by atoms with Gasteiger partial charge >= 0.3 is 0 Å². The van der Waals surface area contributed by atoms with Crippen LogP contribution in [0.3, 0.4) is 0 Å². The molecule has 2 aromatic carbocycles. The lowest BCUT2D eigenvalue weighted by Crippen LogP contribution is -2.48. The number of methoxy groups -OCH3 is 2. The van der Waals surface area contributed by atoms with Crippen LogP contribution in [0, 0.1) is 13.8 Å². The first-order chi connectivity index (χ1) is 14.0. The molecule has 0 spiro atoms. The van der Waals surface area contributed by atoms with Crippen molar-refractivity contribution in [3.8, 4) is 11.5 Å². The molecule has 6 nitrogen and oxygen atoms in total. The SMILES string of the molecule is COc1cc(OC)cc(C(=O)N2CCN(c3nc4c(C)c(C)ccc4s3)CC2)c1. The van der Waals surface area contributed by atoms with Crippen molar-refractivity contribution < 1.29 is 14.3 Å². The third-order valence-electron chi connectivity index (χ3n) is 5.51. The maximum Gasteiger partial charge on any atom is 0.254 e. The van der Waals surface area contributed by atoms with Crippen LogP contribution in [0.2, 0.25) is 0 Å². The molecule has 0 saturated carbocycles. The zero-order valence-corrected chi connectivity index (χ0v) is 18.0. The fourth-order valence-electron chi connectivity index (χ4n) is 3.56. The number of carbonyl (C=O) groups is 1. The van der Waals surface area contributed by atoms with Gasteiger partial charge in [-0.25, -0.2) is 4.98 Å². The highest BCUT2D eigenvalue weighted by molar-refractivity contribution is 7.22. The number of thiazole rings is 1. The molecule has 29 heavy (non-hydrogen) atoms. The van der Waals surface area contributed by atoms with Gasteiger partial charge in [0.25, 0.3) is 5.91 Å². The van der Waals surface area contributed by atoms with E-state index in [0.29, 0.717) is 30.2 Å². The van der Waals surface area contributed by atoms with Gasteiger partial charge in [0.05, 0.1) is 24.4 Å². The van der Waals surface area contributed by atoms with Crippen LogP contribution in [0.25, 0.3) is 10.2 Å². The first-order valence-electron chi connectivity index (χ1n) is 9.64. The summed E-state index contributed by atoms with van der Waals surface area (Å²) in [7, 11) is 3.17. The van der Waals surface area contributed by atoms with Crippen molar-refractivity contribution in [3.05, 3.63) is 47.0 Å². The van der Waals surface area contributed by atoms with Crippen LogP contribution in [-0.4, -0.2) is 56.2 Å². The molecule has 1 aliphatic heterocycles. The second-order valence-corrected chi connectivity index (χ2v) is 8.24. The molecule has 152 valence electrons. The van der Waals surface area contributed by atoms with Crippen LogP contribution in [0.4, 0.5) is 5.13 Å². The minimum atomic E-state index is -0.00220. The highest BCUT2D eigenvalue weighted by atomic mass is 32.1. The topological polar surface area (TPSA) is 54.9 Å². The van der Waals surface area contributed by atoms with Crippen LogP contribution >= 0.6 is 11.3 Å². The number of anilines is 1. The molecule has 0 radical (unpaired) electrons. The largest absolute Gasteiger partial charge is 0.497 e. The Kier molecular flexibility index (Phi) is 5.32. The number of hydrogen-bond donors (Lipinski definition) is 0. The summed E-state index contributed by atoms with van der Waals surface area (Å²) in [5.74, 6) is 1.23. The van der Waals surface area contributed by atoms with Crippen molar-refractivity contribution in [2.45, 2.75) is 13.8 Å². The standard InChI is InChI=1S/C22H25N3O3S/c1-14-5-6-19-20(15(14)2)23-22(29-19)25-9-7-24(8-10-25)21(26)16-11-17(27-3)13-18(12-16)28-4/h5-6,11-13H,7-10H2,1-4H3. The monoisotopic (exact) mass is 411 g/mol. The second kappa shape index (κ2) is 7.91. The summed E-state index contributed by atoms with van der Waals surface area (Å²) in [5.41, 5.74) is 4.18. The first kappa shape index (κ1) is 19.5. The molecule has 1 aliphatic rings. The second-order valence-electron chi connectivity index (χ2n) is 7.23. The maximum absolute atomic E-state index is 13.0. The number of nitrogens with zero attached hydrogens (tertiary/aromatic N) is 3. The Morgan fingerprint density at radius 1 is 1.00 bits per heavy atom. The zero-order valence-electron chi connectivity index (χ0n) is 17.2. The van der Waals surface area contributed by atoms with Crippen LogP contribution < -0.4 is 14.4 Å². The Bertz CT molecular complexity index is 1030. The van der Waals surface area contributed by atoms with E-state index in [0.717, 1.165) is 23.7 Å². The van der Waals surface area contributed by atoms with E-state index in [1.54, 1.807) is 43.8 Å². The quantitative estimate of drug-likeness (QED) is 0.652. The van der Waals surface area contributed by atoms with E-state index in [1.165, 1.54) is 15.8 Å². The van der Waals surface area contributed by atoms with Crippen molar-refractivity contribution in [2.75, 3.05) is 45.3 Å². The van der Waals surface area contributed by atoms with Crippen molar-refractivity contribution in [3.63, 3.8) is 0 Å². The van der Waals surface area contributed by atoms with E-state index < -0.39 is 0 Å². The summed E-state index contributed by atoms with van der Waals surface area (Å²) < 4.78 is 11.8. The summed E-state index contributed by atoms with van der Waals surface area (Å²) in [6.45, 7) is 7.10. The number of amides is 1. The highest BCUT2D eigenvalue weighted by Gasteiger charge is 2.25. The summed E-state index contributed by atoms with van der Waals surface area (Å²) in [6, 6.07) is 9.59. The molecule has 0 aliphatic carbocycles. The average Bonchev–Trinajstić information content (AvgIpc) is 3.20. The number of ether oxygens (including phenoxy) is 2. The van der Waals surface area contributed by atoms with E-state index >= 15 is 0 Å². The lowest BCUT2D eigenvalue weighted by molar-refractivity contribution is 0.0746. The summed E-state index contributed by atoms with van der Waals surface area (Å²) in [6.07, 6.45) is 0. The Hall–Kier alpha value is -2.80. The third-order valence-corrected chi connectivity index (χ3v) is 6.59. The maximum atomic E-state index is 13.0. The average molecular weight is 412 g/mol. The molecule has 3 aromatic rings. The fourth-order valence-corrected chi connectivity index (χ4v) is 4.64. The van der Waals surface area contributed by atoms with Crippen molar-refractivity contribution in [1.29, 1.82) is 0 Å². The van der Waals surface area contributed by atoms with Crippen LogP contribution in [0.1, 0.15) is 21.5 Å². The van der Waals surface area contributed by atoms with Gasteiger partial charge in [-0.15, -0.1) is 0 Å². The number of hydrogen-bond acceptors (Lipinski definition) is 6. The third kappa shape index (κ3) is 3.74. The predicted octanol–water partition coefficient (Wildman–Crippen LogP) is 3.89. The molecule has 1 aromatic heterocycles. The molecule has 4 rings (SSSR count). The number of carbonyl (C=O) groups excluding carboxylic acids is 1. The van der Waals surface area contributed by atoms with E-state index in [1.807, 2.05) is 4.90 Å². The van der Waals surface area contributed by atoms with Gasteiger partial charge in [0.1, 0.15) is 11.5 Å². The zero-order chi connectivity index (χ0) is 20.5. The Morgan fingerprint density at radius 3 is 2.28 bits per heavy atom. The van der Waals surface area contributed by atoms with Crippen molar-refractivity contribution in [1.82, 2.24) is 9.88 Å². The van der Waals surface area contributed by atoms with Crippen molar-refractivity contribution >= 4 is 32.6 Å². The first-order valence-corrected chi connectivity index (χ1v) is 10.5. The number of aryl methyl sites for hydroxylation is 2. The minimum absolute atomic E-state index is 0.00220. The van der Waals surface area contributed by atoms with E-state index in [9.17, 15) is 4.79 Å². The Morgan fingerprint density at radius 2 is 1.66 bits per heavy atom. The van der Waals surface area contributed by atoms with Gasteiger partial charge < -0.3 is 19.3 Å². The molecule has 1 saturated heterocycles. The molecule has 1 amide bonds. The number of aromatic nitrogens is 1. The van der Waals surface area contributed by atoms with Crippen molar-refractivity contribution in [2.24, 2.45) is 0 Å². The lowest BCUT2D eigenvalue weighted by atomic mass is 10.1. The summed E-state index contributed by atoms with van der Waals surface area (Å²) in [5, 5.41) is 1.03. The molecule has 0 bridgehead atoms. The molecule has 0 atom stereocenters. The van der Waals surface area contributed by atoms with Gasteiger partial charge in [-0.3, -0.25) is 4.79 Å².